The van der Waals surface area contributed by atoms with Gasteiger partial charge in [-0.25, -0.2) is 4.98 Å². The Bertz CT molecular complexity index is 1360. The highest BCUT2D eigenvalue weighted by atomic mass is 32.2. The molecule has 2 fully saturated rings. The van der Waals surface area contributed by atoms with Crippen LogP contribution in [0.4, 0.5) is 0 Å². The average molecular weight is 508 g/mol. The minimum absolute atomic E-state index is 0.0760. The summed E-state index contributed by atoms with van der Waals surface area (Å²) in [4.78, 5) is 34.6. The predicted molar refractivity (Wildman–Crippen MR) is 146 cm³/mol. The summed E-state index contributed by atoms with van der Waals surface area (Å²) in [6.45, 7) is 14.0. The van der Waals surface area contributed by atoms with Crippen LogP contribution in [0.3, 0.4) is 0 Å². The fourth-order valence-corrected chi connectivity index (χ4v) is 8.20. The fourth-order valence-electron chi connectivity index (χ4n) is 6.31. The number of fused-ring (bicyclic) bond motifs is 3. The van der Waals surface area contributed by atoms with E-state index < -0.39 is 0 Å². The number of benzene rings is 1. The normalized spacial score (nSPS) is 23.1. The molecule has 2 aromatic heterocycles. The van der Waals surface area contributed by atoms with Crippen molar-refractivity contribution < 1.29 is 4.79 Å². The molecule has 2 atom stereocenters. The Morgan fingerprint density at radius 3 is 2.71 bits per heavy atom. The van der Waals surface area contributed by atoms with Gasteiger partial charge in [0.25, 0.3) is 5.56 Å². The van der Waals surface area contributed by atoms with E-state index >= 15 is 0 Å². The number of thiophene rings is 1. The zero-order valence-corrected chi connectivity index (χ0v) is 22.6. The van der Waals surface area contributed by atoms with Crippen molar-refractivity contribution in [3.8, 4) is 11.1 Å². The molecule has 3 heterocycles. The molecule has 0 unspecified atom stereocenters. The number of rotatable bonds is 6. The first-order valence-corrected chi connectivity index (χ1v) is 14.1. The van der Waals surface area contributed by atoms with Crippen LogP contribution < -0.4 is 5.56 Å². The van der Waals surface area contributed by atoms with E-state index in [2.05, 4.69) is 51.3 Å². The van der Waals surface area contributed by atoms with Crippen LogP contribution in [0.25, 0.3) is 21.3 Å². The molecular weight excluding hydrogens is 474 g/mol. The first kappa shape index (κ1) is 24.3. The van der Waals surface area contributed by atoms with Gasteiger partial charge in [0.2, 0.25) is 5.91 Å². The zero-order chi connectivity index (χ0) is 25.0. The summed E-state index contributed by atoms with van der Waals surface area (Å²) in [5.74, 6) is 0.436. The maximum atomic E-state index is 13.6. The summed E-state index contributed by atoms with van der Waals surface area (Å²) in [7, 11) is 0. The number of thioether (sulfide) groups is 1. The molecular formula is C28H33N3O2S2. The van der Waals surface area contributed by atoms with Crippen molar-refractivity contribution in [2.75, 3.05) is 12.3 Å². The molecule has 1 amide bonds. The standard InChI is InChI=1S/C28H33N3O2S2/c1-6-11-30-25(33)23-21(19-9-7-18(2)8-10-19)14-34-24(23)29-26(30)35-15-22(32)31-17-28(5)13-20(31)12-27(3,4)16-28/h6-10,14,20H,1,11-13,15-17H2,2-5H3/t20-,28-/m0/s1. The van der Waals surface area contributed by atoms with Gasteiger partial charge < -0.3 is 4.90 Å². The second kappa shape index (κ2) is 8.93. The van der Waals surface area contributed by atoms with Crippen molar-refractivity contribution in [3.63, 3.8) is 0 Å². The minimum atomic E-state index is -0.0760. The van der Waals surface area contributed by atoms with Crippen molar-refractivity contribution in [1.29, 1.82) is 0 Å². The van der Waals surface area contributed by atoms with E-state index in [1.165, 1.54) is 28.7 Å². The number of hydrogen-bond donors (Lipinski definition) is 0. The lowest BCUT2D eigenvalue weighted by Crippen LogP contribution is -2.38. The number of carbonyl (C=O) groups excluding carboxylic acids is 1. The third kappa shape index (κ3) is 4.60. The monoisotopic (exact) mass is 507 g/mol. The largest absolute Gasteiger partial charge is 0.338 e. The summed E-state index contributed by atoms with van der Waals surface area (Å²) >= 11 is 2.85. The Kier molecular flexibility index (Phi) is 6.20. The summed E-state index contributed by atoms with van der Waals surface area (Å²) in [6, 6.07) is 8.52. The SMILES string of the molecule is C=CCn1c(SCC(=O)N2C[C@@]3(C)C[C@@H]2CC(C)(C)C3)nc2scc(-c3ccc(C)cc3)c2c1=O. The third-order valence-electron chi connectivity index (χ3n) is 7.39. The smallest absolute Gasteiger partial charge is 0.263 e. The van der Waals surface area contributed by atoms with Gasteiger partial charge in [-0.1, -0.05) is 68.4 Å². The highest BCUT2D eigenvalue weighted by Crippen LogP contribution is 2.52. The molecule has 0 N–H and O–H groups in total. The molecule has 5 nitrogen and oxygen atoms in total. The number of allylic oxidation sites excluding steroid dienone is 1. The van der Waals surface area contributed by atoms with Gasteiger partial charge in [-0.3, -0.25) is 14.2 Å². The summed E-state index contributed by atoms with van der Waals surface area (Å²) < 4.78 is 1.66. The van der Waals surface area contributed by atoms with Gasteiger partial charge in [-0.15, -0.1) is 17.9 Å². The van der Waals surface area contributed by atoms with E-state index in [0.717, 1.165) is 36.9 Å². The lowest BCUT2D eigenvalue weighted by Gasteiger charge is -2.39. The van der Waals surface area contributed by atoms with Gasteiger partial charge in [-0.05, 0) is 42.6 Å². The van der Waals surface area contributed by atoms with Crippen LogP contribution in [-0.2, 0) is 11.3 Å². The van der Waals surface area contributed by atoms with Crippen LogP contribution in [-0.4, -0.2) is 38.7 Å². The minimum Gasteiger partial charge on any atom is -0.338 e. The fraction of sp³-hybridized carbons (Fsp3) is 0.464. The van der Waals surface area contributed by atoms with Crippen LogP contribution in [0.15, 0.2) is 52.3 Å². The lowest BCUT2D eigenvalue weighted by molar-refractivity contribution is -0.129. The van der Waals surface area contributed by atoms with Gasteiger partial charge in [0.1, 0.15) is 4.83 Å². The summed E-state index contributed by atoms with van der Waals surface area (Å²) in [5, 5.41) is 3.23. The second-order valence-electron chi connectivity index (χ2n) is 11.3. The van der Waals surface area contributed by atoms with Crippen LogP contribution >= 0.6 is 23.1 Å². The van der Waals surface area contributed by atoms with Gasteiger partial charge in [-0.2, -0.15) is 0 Å². The molecule has 1 saturated carbocycles. The quantitative estimate of drug-likeness (QED) is 0.228. The number of carbonyl (C=O) groups is 1. The van der Waals surface area contributed by atoms with E-state index in [1.54, 1.807) is 10.6 Å². The predicted octanol–water partition coefficient (Wildman–Crippen LogP) is 6.14. The molecule has 1 aromatic carbocycles. The van der Waals surface area contributed by atoms with E-state index in [-0.39, 0.29) is 28.0 Å². The molecule has 1 aliphatic heterocycles. The van der Waals surface area contributed by atoms with E-state index in [9.17, 15) is 9.59 Å². The Morgan fingerprint density at radius 1 is 1.26 bits per heavy atom. The summed E-state index contributed by atoms with van der Waals surface area (Å²) in [6.07, 6.45) is 5.02. The molecule has 184 valence electrons. The number of nitrogens with zero attached hydrogens (tertiary/aromatic N) is 3. The Labute approximate surface area is 215 Å². The molecule has 5 rings (SSSR count). The number of amides is 1. The Hall–Kier alpha value is -2.38. The van der Waals surface area contributed by atoms with Crippen molar-refractivity contribution in [2.24, 2.45) is 10.8 Å². The first-order valence-electron chi connectivity index (χ1n) is 12.2. The van der Waals surface area contributed by atoms with E-state index in [1.807, 2.05) is 17.5 Å². The molecule has 3 aromatic rings. The average Bonchev–Trinajstić information content (AvgIpc) is 3.32. The molecule has 7 heteroatoms. The number of hydrogen-bond acceptors (Lipinski definition) is 5. The Morgan fingerprint density at radius 2 is 2.00 bits per heavy atom. The topological polar surface area (TPSA) is 55.2 Å². The molecule has 0 spiro atoms. The highest BCUT2D eigenvalue weighted by Gasteiger charge is 2.50. The second-order valence-corrected chi connectivity index (χ2v) is 13.1. The van der Waals surface area contributed by atoms with Crippen molar-refractivity contribution in [2.45, 2.75) is 64.7 Å². The van der Waals surface area contributed by atoms with Crippen molar-refractivity contribution in [3.05, 3.63) is 58.2 Å². The van der Waals surface area contributed by atoms with Crippen LogP contribution in [0.1, 0.15) is 45.6 Å². The third-order valence-corrected chi connectivity index (χ3v) is 9.23. The van der Waals surface area contributed by atoms with Crippen molar-refractivity contribution in [1.82, 2.24) is 14.5 Å². The summed E-state index contributed by atoms with van der Waals surface area (Å²) in [5.41, 5.74) is 3.50. The van der Waals surface area contributed by atoms with E-state index in [4.69, 9.17) is 4.98 Å². The van der Waals surface area contributed by atoms with Gasteiger partial charge in [0.05, 0.1) is 11.1 Å². The van der Waals surface area contributed by atoms with Gasteiger partial charge >= 0.3 is 0 Å². The molecule has 1 aliphatic carbocycles. The van der Waals surface area contributed by atoms with Crippen LogP contribution in [0, 0.1) is 17.8 Å². The lowest BCUT2D eigenvalue weighted by atomic mass is 9.65. The molecule has 2 bridgehead atoms. The van der Waals surface area contributed by atoms with Gasteiger partial charge in [0.15, 0.2) is 5.16 Å². The first-order chi connectivity index (χ1) is 16.6. The van der Waals surface area contributed by atoms with E-state index in [0.29, 0.717) is 28.0 Å². The Balaban J connectivity index is 1.42. The van der Waals surface area contributed by atoms with Crippen LogP contribution in [0.2, 0.25) is 0 Å². The number of aryl methyl sites for hydroxylation is 1. The zero-order valence-electron chi connectivity index (χ0n) is 21.0. The maximum absolute atomic E-state index is 13.6. The molecule has 1 saturated heterocycles. The number of aromatic nitrogens is 2. The number of likely N-dealkylation sites (tertiary alicyclic amines) is 1. The highest BCUT2D eigenvalue weighted by molar-refractivity contribution is 7.99. The maximum Gasteiger partial charge on any atom is 0.263 e. The van der Waals surface area contributed by atoms with Gasteiger partial charge in [0, 0.05) is 30.1 Å². The van der Waals surface area contributed by atoms with Crippen LogP contribution in [0.5, 0.6) is 0 Å². The molecule has 2 aliphatic rings. The molecule has 35 heavy (non-hydrogen) atoms. The van der Waals surface area contributed by atoms with Crippen molar-refractivity contribution >= 4 is 39.2 Å². The molecule has 0 radical (unpaired) electrons.